The minimum absolute atomic E-state index is 0.293. The Morgan fingerprint density at radius 2 is 2.03 bits per heavy atom. The number of halogens is 2. The van der Waals surface area contributed by atoms with E-state index in [2.05, 4.69) is 4.98 Å². The minimum Gasteiger partial charge on any atom is -0.485 e. The normalized spacial score (nSPS) is 20.6. The zero-order chi connectivity index (χ0) is 27.7. The highest BCUT2D eigenvalue weighted by Gasteiger charge is 2.28. The fourth-order valence-electron chi connectivity index (χ4n) is 5.34. The van der Waals surface area contributed by atoms with Gasteiger partial charge in [0, 0.05) is 31.3 Å². The number of benzene rings is 2. The second-order valence-electron chi connectivity index (χ2n) is 10.3. The molecule has 7 nitrogen and oxygen atoms in total. The van der Waals surface area contributed by atoms with E-state index in [0.717, 1.165) is 29.3 Å². The van der Waals surface area contributed by atoms with Crippen LogP contribution >= 0.6 is 0 Å². The summed E-state index contributed by atoms with van der Waals surface area (Å²) in [6.45, 7) is 2.88. The van der Waals surface area contributed by atoms with Crippen molar-refractivity contribution in [2.45, 2.75) is 51.1 Å². The maximum absolute atomic E-state index is 14.9. The van der Waals surface area contributed by atoms with E-state index in [9.17, 15) is 23.8 Å². The average Bonchev–Trinajstić information content (AvgIpc) is 3.36. The van der Waals surface area contributed by atoms with Crippen LogP contribution in [0.25, 0.3) is 11.1 Å². The van der Waals surface area contributed by atoms with Gasteiger partial charge in [-0.25, -0.2) is 13.8 Å². The largest absolute Gasteiger partial charge is 0.485 e. The monoisotopic (exact) mass is 538 g/mol. The van der Waals surface area contributed by atoms with E-state index in [0.29, 0.717) is 60.8 Å². The van der Waals surface area contributed by atoms with E-state index in [4.69, 9.17) is 9.47 Å². The summed E-state index contributed by atoms with van der Waals surface area (Å²) in [5.41, 5.74) is 4.27. The molecule has 0 saturated carbocycles. The van der Waals surface area contributed by atoms with E-state index in [-0.39, 0.29) is 6.10 Å². The van der Waals surface area contributed by atoms with E-state index in [1.807, 2.05) is 29.2 Å². The summed E-state index contributed by atoms with van der Waals surface area (Å²) in [4.78, 5) is 17.3. The van der Waals surface area contributed by atoms with Crippen molar-refractivity contribution in [1.29, 1.82) is 0 Å². The Balaban J connectivity index is 1.46. The van der Waals surface area contributed by atoms with E-state index >= 15 is 0 Å². The third-order valence-corrected chi connectivity index (χ3v) is 7.68. The topological polar surface area (TPSA) is 92.1 Å². The number of aromatic nitrogens is 1. The van der Waals surface area contributed by atoms with Crippen molar-refractivity contribution in [3.8, 4) is 22.8 Å². The Kier molecular flexibility index (Phi) is 7.81. The van der Waals surface area contributed by atoms with E-state index in [1.165, 1.54) is 14.0 Å². The number of alkyl halides is 1. The molecule has 2 aromatic carbocycles. The smallest absolute Gasteiger partial charge is 0.309 e. The van der Waals surface area contributed by atoms with Gasteiger partial charge in [-0.3, -0.25) is 9.69 Å². The summed E-state index contributed by atoms with van der Waals surface area (Å²) < 4.78 is 40.4. The van der Waals surface area contributed by atoms with Crippen LogP contribution in [0.5, 0.6) is 11.6 Å². The number of carboxylic acids is 1. The number of fused-ring (bicyclic) bond motifs is 1. The fraction of sp³-hybridized carbons (Fsp3) is 0.400. The average molecular weight is 539 g/mol. The quantitative estimate of drug-likeness (QED) is 0.404. The van der Waals surface area contributed by atoms with Gasteiger partial charge < -0.3 is 19.7 Å². The summed E-state index contributed by atoms with van der Waals surface area (Å²) >= 11 is 0. The molecule has 1 fully saturated rings. The van der Waals surface area contributed by atoms with Crippen LogP contribution in [-0.2, 0) is 17.8 Å². The minimum atomic E-state index is -1.16. The number of aliphatic carboxylic acids is 1. The molecular weight excluding hydrogens is 506 g/mol. The van der Waals surface area contributed by atoms with E-state index < -0.39 is 30.0 Å². The summed E-state index contributed by atoms with van der Waals surface area (Å²) in [6, 6.07) is 12.7. The predicted molar refractivity (Wildman–Crippen MR) is 141 cm³/mol. The van der Waals surface area contributed by atoms with Crippen LogP contribution < -0.4 is 9.47 Å². The number of hydrogen-bond donors (Lipinski definition) is 2. The molecule has 3 heterocycles. The molecule has 1 unspecified atom stereocenters. The summed E-state index contributed by atoms with van der Waals surface area (Å²) in [7, 11) is 1.48. The lowest BCUT2D eigenvalue weighted by molar-refractivity contribution is -0.145. The molecule has 2 aliphatic heterocycles. The number of hydrogen-bond acceptors (Lipinski definition) is 6. The van der Waals surface area contributed by atoms with Crippen LogP contribution in [0.3, 0.4) is 0 Å². The first-order chi connectivity index (χ1) is 18.7. The van der Waals surface area contributed by atoms with Crippen molar-refractivity contribution in [3.05, 3.63) is 76.7 Å². The first-order valence-corrected chi connectivity index (χ1v) is 13.1. The van der Waals surface area contributed by atoms with Crippen LogP contribution in [-0.4, -0.2) is 52.4 Å². The summed E-state index contributed by atoms with van der Waals surface area (Å²) in [5, 5.41) is 19.8. The lowest BCUT2D eigenvalue weighted by atomic mass is 9.91. The number of aliphatic hydroxyl groups excluding tert-OH is 1. The lowest BCUT2D eigenvalue weighted by Gasteiger charge is -2.29. The van der Waals surface area contributed by atoms with Gasteiger partial charge in [-0.15, -0.1) is 0 Å². The molecule has 4 atom stereocenters. The number of pyridine rings is 1. The van der Waals surface area contributed by atoms with Gasteiger partial charge in [0.15, 0.2) is 0 Å². The number of aliphatic hydroxyl groups is 1. The van der Waals surface area contributed by atoms with Gasteiger partial charge in [0.2, 0.25) is 5.88 Å². The zero-order valence-corrected chi connectivity index (χ0v) is 21.9. The van der Waals surface area contributed by atoms with Crippen LogP contribution in [0.15, 0.2) is 48.7 Å². The number of rotatable bonds is 8. The third kappa shape index (κ3) is 5.74. The van der Waals surface area contributed by atoms with Gasteiger partial charge in [0.05, 0.1) is 25.3 Å². The molecule has 39 heavy (non-hydrogen) atoms. The van der Waals surface area contributed by atoms with Gasteiger partial charge >= 0.3 is 5.97 Å². The molecule has 0 bridgehead atoms. The van der Waals surface area contributed by atoms with Gasteiger partial charge in [0.25, 0.3) is 0 Å². The Morgan fingerprint density at radius 1 is 1.21 bits per heavy atom. The Morgan fingerprint density at radius 3 is 2.74 bits per heavy atom. The molecular formula is C30H32F2N2O5. The van der Waals surface area contributed by atoms with Crippen molar-refractivity contribution in [1.82, 2.24) is 9.88 Å². The molecule has 1 saturated heterocycles. The predicted octanol–water partition coefficient (Wildman–Crippen LogP) is 5.26. The van der Waals surface area contributed by atoms with Crippen molar-refractivity contribution < 1.29 is 33.3 Å². The zero-order valence-electron chi connectivity index (χ0n) is 21.9. The van der Waals surface area contributed by atoms with Gasteiger partial charge in [0.1, 0.15) is 23.8 Å². The molecule has 0 radical (unpaired) electrons. The van der Waals surface area contributed by atoms with Crippen molar-refractivity contribution in [2.75, 3.05) is 20.2 Å². The molecule has 5 rings (SSSR count). The highest BCUT2D eigenvalue weighted by molar-refractivity contribution is 5.71. The maximum Gasteiger partial charge on any atom is 0.309 e. The van der Waals surface area contributed by atoms with Crippen LogP contribution in [0.4, 0.5) is 8.78 Å². The number of carboxylic acid groups (broad SMARTS) is 1. The standard InChI is InChI=1S/C30H32F2N2O5/c1-17(30(36)37)29(35)20-4-3-18-6-8-26(39-27(18)12-20)19-5-7-23(24-13-28(38-2)33-14-25(24)32)21(11-19)15-34-10-9-22(31)16-34/h3-5,7,11-14,17,22,26,29,35H,6,8-10,15-16H2,1-2H3,(H,36,37)/t17-,22+,26?,29+/m0/s1. The number of likely N-dealkylation sites (tertiary alicyclic amines) is 1. The highest BCUT2D eigenvalue weighted by atomic mass is 19.1. The Hall–Kier alpha value is -3.56. The van der Waals surface area contributed by atoms with Gasteiger partial charge in [-0.1, -0.05) is 30.3 Å². The summed E-state index contributed by atoms with van der Waals surface area (Å²) in [6.07, 6.45) is 0.747. The maximum atomic E-state index is 14.9. The Labute approximate surface area is 226 Å². The second kappa shape index (κ2) is 11.3. The molecule has 9 heteroatoms. The van der Waals surface area contributed by atoms with Crippen molar-refractivity contribution >= 4 is 5.97 Å². The number of carbonyl (C=O) groups is 1. The molecule has 2 N–H and O–H groups in total. The molecule has 0 aliphatic carbocycles. The SMILES string of the molecule is COc1cc(-c2ccc(C3CCc4ccc([C@H](O)[C@H](C)C(=O)O)cc4O3)cc2CN2CC[C@@H](F)C2)c(F)cn1. The number of methoxy groups -OCH3 is 1. The summed E-state index contributed by atoms with van der Waals surface area (Å²) in [5.74, 6) is -1.60. The number of nitrogens with zero attached hydrogens (tertiary/aromatic N) is 2. The fourth-order valence-corrected chi connectivity index (χ4v) is 5.34. The first kappa shape index (κ1) is 27.0. The molecule has 3 aromatic rings. The molecule has 0 amide bonds. The Bertz CT molecular complexity index is 1370. The van der Waals surface area contributed by atoms with Crippen molar-refractivity contribution in [2.24, 2.45) is 5.92 Å². The van der Waals surface area contributed by atoms with Crippen LogP contribution in [0.1, 0.15) is 54.2 Å². The highest BCUT2D eigenvalue weighted by Crippen LogP contribution is 2.39. The van der Waals surface area contributed by atoms with Crippen molar-refractivity contribution in [3.63, 3.8) is 0 Å². The lowest BCUT2D eigenvalue weighted by Crippen LogP contribution is -2.22. The second-order valence-corrected chi connectivity index (χ2v) is 10.3. The van der Waals surface area contributed by atoms with Gasteiger partial charge in [-0.2, -0.15) is 0 Å². The molecule has 1 aromatic heterocycles. The molecule has 0 spiro atoms. The van der Waals surface area contributed by atoms with Crippen LogP contribution in [0, 0.1) is 11.7 Å². The first-order valence-electron chi connectivity index (χ1n) is 13.1. The molecule has 206 valence electrons. The molecule has 2 aliphatic rings. The number of ether oxygens (including phenoxy) is 2. The van der Waals surface area contributed by atoms with Gasteiger partial charge in [-0.05, 0) is 60.1 Å². The number of aryl methyl sites for hydroxylation is 1. The van der Waals surface area contributed by atoms with E-state index in [1.54, 1.807) is 18.2 Å². The van der Waals surface area contributed by atoms with Crippen LogP contribution in [0.2, 0.25) is 0 Å². The third-order valence-electron chi connectivity index (χ3n) is 7.68.